The molecule has 2 N–H and O–H groups in total. The molecule has 5 nitrogen and oxygen atoms in total. The van der Waals surface area contributed by atoms with E-state index >= 15 is 0 Å². The number of amides is 1. The maximum atomic E-state index is 12.9. The number of carboxylic acids is 1. The average molecular weight is 254 g/mol. The molecule has 0 aliphatic heterocycles. The van der Waals surface area contributed by atoms with Crippen molar-refractivity contribution in [3.8, 4) is 0 Å². The summed E-state index contributed by atoms with van der Waals surface area (Å²) in [6.07, 6.45) is 0.472. The van der Waals surface area contributed by atoms with Gasteiger partial charge in [0.15, 0.2) is 0 Å². The first-order valence-electron chi connectivity index (χ1n) is 5.63. The van der Waals surface area contributed by atoms with Gasteiger partial charge in [-0.15, -0.1) is 0 Å². The Morgan fingerprint density at radius 1 is 1.39 bits per heavy atom. The van der Waals surface area contributed by atoms with Crippen LogP contribution in [0.25, 0.3) is 0 Å². The van der Waals surface area contributed by atoms with E-state index in [1.165, 1.54) is 12.1 Å². The molecule has 1 aromatic heterocycles. The van der Waals surface area contributed by atoms with Crippen molar-refractivity contribution in [3.05, 3.63) is 29.8 Å². The SMILES string of the molecule is CCC(CC)(NC(=O)c1cccc(F)n1)C(=O)O. The summed E-state index contributed by atoms with van der Waals surface area (Å²) in [6, 6.07) is 3.79. The van der Waals surface area contributed by atoms with Crippen molar-refractivity contribution in [2.75, 3.05) is 0 Å². The molecule has 98 valence electrons. The fourth-order valence-electron chi connectivity index (χ4n) is 1.60. The summed E-state index contributed by atoms with van der Waals surface area (Å²) in [7, 11) is 0. The normalized spacial score (nSPS) is 11.1. The van der Waals surface area contributed by atoms with Crippen molar-refractivity contribution in [2.24, 2.45) is 0 Å². The number of pyridine rings is 1. The number of halogens is 1. The lowest BCUT2D eigenvalue weighted by atomic mass is 9.93. The van der Waals surface area contributed by atoms with Crippen LogP contribution in [-0.4, -0.2) is 27.5 Å². The summed E-state index contributed by atoms with van der Waals surface area (Å²) in [6.45, 7) is 3.33. The second kappa shape index (κ2) is 5.57. The molecule has 0 spiro atoms. The Kier molecular flexibility index (Phi) is 4.36. The molecule has 0 aliphatic carbocycles. The Hall–Kier alpha value is -1.98. The van der Waals surface area contributed by atoms with Crippen molar-refractivity contribution in [2.45, 2.75) is 32.2 Å². The molecule has 0 fully saturated rings. The van der Waals surface area contributed by atoms with Crippen LogP contribution in [0.1, 0.15) is 37.2 Å². The first-order valence-corrected chi connectivity index (χ1v) is 5.63. The molecular weight excluding hydrogens is 239 g/mol. The van der Waals surface area contributed by atoms with Gasteiger partial charge in [0.25, 0.3) is 5.91 Å². The summed E-state index contributed by atoms with van der Waals surface area (Å²) in [5.74, 6) is -2.59. The summed E-state index contributed by atoms with van der Waals surface area (Å²) in [5.41, 5.74) is -1.48. The Labute approximate surface area is 104 Å². The lowest BCUT2D eigenvalue weighted by molar-refractivity contribution is -0.144. The van der Waals surface area contributed by atoms with Crippen molar-refractivity contribution in [1.82, 2.24) is 10.3 Å². The van der Waals surface area contributed by atoms with Crippen LogP contribution in [0, 0.1) is 5.95 Å². The minimum Gasteiger partial charge on any atom is -0.480 e. The molecule has 1 rings (SSSR count). The number of carboxylic acid groups (broad SMARTS) is 1. The zero-order valence-corrected chi connectivity index (χ0v) is 10.2. The number of nitrogens with zero attached hydrogens (tertiary/aromatic N) is 1. The van der Waals surface area contributed by atoms with Gasteiger partial charge in [0.2, 0.25) is 5.95 Å². The quantitative estimate of drug-likeness (QED) is 0.782. The van der Waals surface area contributed by atoms with Crippen molar-refractivity contribution in [3.63, 3.8) is 0 Å². The third-order valence-electron chi connectivity index (χ3n) is 2.92. The zero-order valence-electron chi connectivity index (χ0n) is 10.2. The number of nitrogens with one attached hydrogen (secondary N) is 1. The van der Waals surface area contributed by atoms with E-state index in [9.17, 15) is 14.0 Å². The van der Waals surface area contributed by atoms with Crippen molar-refractivity contribution < 1.29 is 19.1 Å². The van der Waals surface area contributed by atoms with Crippen LogP contribution in [0.5, 0.6) is 0 Å². The molecule has 0 saturated carbocycles. The van der Waals surface area contributed by atoms with Gasteiger partial charge in [-0.1, -0.05) is 19.9 Å². The highest BCUT2D eigenvalue weighted by atomic mass is 19.1. The maximum Gasteiger partial charge on any atom is 0.329 e. The van der Waals surface area contributed by atoms with Gasteiger partial charge in [-0.05, 0) is 25.0 Å². The highest BCUT2D eigenvalue weighted by molar-refractivity contribution is 5.96. The number of carbonyl (C=O) groups is 2. The molecule has 0 bridgehead atoms. The first kappa shape index (κ1) is 14.1. The number of carbonyl (C=O) groups excluding carboxylic acids is 1. The predicted molar refractivity (Wildman–Crippen MR) is 62.6 cm³/mol. The van der Waals surface area contributed by atoms with E-state index in [0.29, 0.717) is 0 Å². The number of hydrogen-bond acceptors (Lipinski definition) is 3. The smallest absolute Gasteiger partial charge is 0.329 e. The van der Waals surface area contributed by atoms with Gasteiger partial charge in [-0.2, -0.15) is 4.39 Å². The van der Waals surface area contributed by atoms with Gasteiger partial charge in [0.1, 0.15) is 11.2 Å². The van der Waals surface area contributed by atoms with Crippen LogP contribution < -0.4 is 5.32 Å². The minimum absolute atomic E-state index is 0.137. The number of aliphatic carboxylic acids is 1. The molecule has 0 unspecified atom stereocenters. The van der Waals surface area contributed by atoms with Gasteiger partial charge >= 0.3 is 5.97 Å². The van der Waals surface area contributed by atoms with Gasteiger partial charge in [-0.3, -0.25) is 4.79 Å². The first-order chi connectivity index (χ1) is 8.45. The van der Waals surface area contributed by atoms with Crippen LogP contribution in [0.3, 0.4) is 0 Å². The van der Waals surface area contributed by atoms with Crippen LogP contribution in [0.15, 0.2) is 18.2 Å². The molecular formula is C12H15FN2O3. The van der Waals surface area contributed by atoms with E-state index in [-0.39, 0.29) is 18.5 Å². The Bertz CT molecular complexity index is 458. The molecule has 6 heteroatoms. The lowest BCUT2D eigenvalue weighted by Crippen LogP contribution is -2.53. The molecule has 0 aromatic carbocycles. The summed E-state index contributed by atoms with van der Waals surface area (Å²) >= 11 is 0. The molecule has 1 aromatic rings. The summed E-state index contributed by atoms with van der Waals surface area (Å²) in [5, 5.41) is 11.6. The molecule has 0 saturated heterocycles. The molecule has 1 amide bonds. The van der Waals surface area contributed by atoms with Crippen LogP contribution >= 0.6 is 0 Å². The largest absolute Gasteiger partial charge is 0.480 e. The highest BCUT2D eigenvalue weighted by Gasteiger charge is 2.36. The summed E-state index contributed by atoms with van der Waals surface area (Å²) < 4.78 is 12.9. The maximum absolute atomic E-state index is 12.9. The van der Waals surface area contributed by atoms with E-state index in [2.05, 4.69) is 10.3 Å². The van der Waals surface area contributed by atoms with E-state index in [1.807, 2.05) is 0 Å². The Balaban J connectivity index is 2.95. The standard InChI is InChI=1S/C12H15FN2O3/c1-3-12(4-2,11(17)18)15-10(16)8-6-5-7-9(13)14-8/h5-7H,3-4H2,1-2H3,(H,15,16)(H,17,18). The second-order valence-electron chi connectivity index (χ2n) is 3.89. The molecule has 0 aliphatic rings. The van der Waals surface area contributed by atoms with Gasteiger partial charge in [0, 0.05) is 0 Å². The lowest BCUT2D eigenvalue weighted by Gasteiger charge is -2.27. The van der Waals surface area contributed by atoms with E-state index in [4.69, 9.17) is 5.11 Å². The monoisotopic (exact) mass is 254 g/mol. The van der Waals surface area contributed by atoms with Crippen LogP contribution in [0.2, 0.25) is 0 Å². The third-order valence-corrected chi connectivity index (χ3v) is 2.92. The summed E-state index contributed by atoms with van der Waals surface area (Å²) in [4.78, 5) is 26.5. The van der Waals surface area contributed by atoms with Crippen molar-refractivity contribution in [1.29, 1.82) is 0 Å². The molecule has 1 heterocycles. The number of aromatic nitrogens is 1. The fourth-order valence-corrected chi connectivity index (χ4v) is 1.60. The topological polar surface area (TPSA) is 79.3 Å². The number of hydrogen-bond donors (Lipinski definition) is 2. The Morgan fingerprint density at radius 3 is 2.44 bits per heavy atom. The van der Waals surface area contributed by atoms with Gasteiger partial charge in [-0.25, -0.2) is 9.78 Å². The predicted octanol–water partition coefficient (Wildman–Crippen LogP) is 1.59. The van der Waals surface area contributed by atoms with Gasteiger partial charge < -0.3 is 10.4 Å². The van der Waals surface area contributed by atoms with E-state index in [0.717, 1.165) is 6.07 Å². The van der Waals surface area contributed by atoms with Crippen LogP contribution in [0.4, 0.5) is 4.39 Å². The molecule has 0 radical (unpaired) electrons. The molecule has 18 heavy (non-hydrogen) atoms. The van der Waals surface area contributed by atoms with E-state index < -0.39 is 23.4 Å². The minimum atomic E-state index is -1.34. The van der Waals surface area contributed by atoms with E-state index in [1.54, 1.807) is 13.8 Å². The zero-order chi connectivity index (χ0) is 13.8. The average Bonchev–Trinajstić information content (AvgIpc) is 2.35. The fraction of sp³-hybridized carbons (Fsp3) is 0.417. The Morgan fingerprint density at radius 2 is 2.00 bits per heavy atom. The van der Waals surface area contributed by atoms with Gasteiger partial charge in [0.05, 0.1) is 0 Å². The third kappa shape index (κ3) is 2.82. The second-order valence-corrected chi connectivity index (χ2v) is 3.89. The highest BCUT2D eigenvalue weighted by Crippen LogP contribution is 2.16. The number of rotatable bonds is 5. The van der Waals surface area contributed by atoms with Crippen LogP contribution in [-0.2, 0) is 4.79 Å². The molecule has 0 atom stereocenters. The van der Waals surface area contributed by atoms with Crippen molar-refractivity contribution >= 4 is 11.9 Å².